The Kier molecular flexibility index (Phi) is 8.79. The first-order valence-corrected chi connectivity index (χ1v) is 12.9. The maximum atomic E-state index is 13.3. The first kappa shape index (κ1) is 26.9. The average Bonchev–Trinajstić information content (AvgIpc) is 3.26. The van der Waals surface area contributed by atoms with Crippen molar-refractivity contribution in [3.63, 3.8) is 0 Å². The minimum Gasteiger partial charge on any atom is -0.356 e. The third-order valence-corrected chi connectivity index (χ3v) is 7.46. The Balaban J connectivity index is 0.00000107. The molecule has 38 heavy (non-hydrogen) atoms. The highest BCUT2D eigenvalue weighted by Crippen LogP contribution is 2.54. The number of nitrogens with zero attached hydrogens (tertiary/aromatic N) is 2. The number of carbonyl (C=O) groups excluding carboxylic acids is 1. The van der Waals surface area contributed by atoms with Crippen LogP contribution in [0, 0.1) is 22.6 Å². The second kappa shape index (κ2) is 12.4. The van der Waals surface area contributed by atoms with E-state index in [-0.39, 0.29) is 23.2 Å². The van der Waals surface area contributed by atoms with E-state index in [1.165, 1.54) is 30.2 Å². The summed E-state index contributed by atoms with van der Waals surface area (Å²) >= 11 is 0. The van der Waals surface area contributed by atoms with Crippen LogP contribution < -0.4 is 10.6 Å². The maximum Gasteiger partial charge on any atom is 0.254 e. The lowest BCUT2D eigenvalue weighted by atomic mass is 9.69. The van der Waals surface area contributed by atoms with E-state index in [1.54, 1.807) is 31.5 Å². The number of hydrogen-bond donors (Lipinski definition) is 3. The van der Waals surface area contributed by atoms with Crippen molar-refractivity contribution in [1.29, 1.82) is 5.41 Å². The zero-order valence-electron chi connectivity index (χ0n) is 21.8. The molecule has 196 valence electrons. The predicted octanol–water partition coefficient (Wildman–Crippen LogP) is 6.88. The van der Waals surface area contributed by atoms with Crippen LogP contribution in [-0.2, 0) is 0 Å². The van der Waals surface area contributed by atoms with Gasteiger partial charge in [-0.1, -0.05) is 48.9 Å². The Bertz CT molecular complexity index is 1290. The van der Waals surface area contributed by atoms with Gasteiger partial charge in [-0.05, 0) is 86.1 Å². The Morgan fingerprint density at radius 2 is 1.84 bits per heavy atom. The summed E-state index contributed by atoms with van der Waals surface area (Å²) in [6.45, 7) is 4.01. The van der Waals surface area contributed by atoms with Crippen molar-refractivity contribution in [1.82, 2.24) is 15.3 Å². The molecule has 1 amide bonds. The molecule has 2 aliphatic rings. The van der Waals surface area contributed by atoms with Crippen molar-refractivity contribution in [3.8, 4) is 0 Å². The van der Waals surface area contributed by atoms with Crippen LogP contribution in [0.5, 0.6) is 0 Å². The molecule has 0 spiro atoms. The Hall–Kier alpha value is -4.13. The largest absolute Gasteiger partial charge is 0.356 e. The SMILES string of the molecule is CC=N.C[C@]12CC=C(Nc3ccc(F)cc3)C=C1CC[C@@H]2CC(NC(=O)c1cncnc1)c1ccccc1. The molecule has 2 aliphatic carbocycles. The van der Waals surface area contributed by atoms with E-state index in [0.717, 1.165) is 42.6 Å². The van der Waals surface area contributed by atoms with Crippen LogP contribution in [0.1, 0.15) is 61.5 Å². The van der Waals surface area contributed by atoms with Crippen LogP contribution in [-0.4, -0.2) is 22.1 Å². The molecule has 0 saturated heterocycles. The van der Waals surface area contributed by atoms with E-state index in [9.17, 15) is 9.18 Å². The number of anilines is 1. The smallest absolute Gasteiger partial charge is 0.254 e. The highest BCUT2D eigenvalue weighted by molar-refractivity contribution is 5.93. The topological polar surface area (TPSA) is 90.8 Å². The summed E-state index contributed by atoms with van der Waals surface area (Å²) in [4.78, 5) is 20.9. The first-order chi connectivity index (χ1) is 18.4. The fourth-order valence-electron chi connectivity index (χ4n) is 5.37. The molecule has 3 atom stereocenters. The summed E-state index contributed by atoms with van der Waals surface area (Å²) in [6.07, 6.45) is 14.1. The summed E-state index contributed by atoms with van der Waals surface area (Å²) in [5, 5.41) is 12.7. The molecular formula is C31H34FN5O. The van der Waals surface area contributed by atoms with Gasteiger partial charge in [0.1, 0.15) is 12.1 Å². The molecule has 1 heterocycles. The number of benzene rings is 2. The fraction of sp³-hybridized carbons (Fsp3) is 0.290. The summed E-state index contributed by atoms with van der Waals surface area (Å²) in [5.74, 6) is 0.0279. The van der Waals surface area contributed by atoms with Crippen molar-refractivity contribution < 1.29 is 9.18 Å². The third-order valence-electron chi connectivity index (χ3n) is 7.46. The second-order valence-electron chi connectivity index (χ2n) is 9.91. The Labute approximate surface area is 223 Å². The normalized spacial score (nSPS) is 20.6. The van der Waals surface area contributed by atoms with Gasteiger partial charge in [-0.2, -0.15) is 0 Å². The van der Waals surface area contributed by atoms with E-state index in [2.05, 4.69) is 51.8 Å². The lowest BCUT2D eigenvalue weighted by Gasteiger charge is -2.37. The number of nitrogens with one attached hydrogen (secondary N) is 3. The number of halogens is 1. The zero-order valence-corrected chi connectivity index (χ0v) is 21.8. The molecule has 1 fully saturated rings. The van der Waals surface area contributed by atoms with Crippen molar-refractivity contribution in [2.45, 2.75) is 45.6 Å². The number of amides is 1. The van der Waals surface area contributed by atoms with E-state index < -0.39 is 0 Å². The molecule has 0 aliphatic heterocycles. The van der Waals surface area contributed by atoms with Gasteiger partial charge in [0.25, 0.3) is 5.91 Å². The van der Waals surface area contributed by atoms with Gasteiger partial charge in [0.2, 0.25) is 0 Å². The van der Waals surface area contributed by atoms with Crippen LogP contribution in [0.25, 0.3) is 0 Å². The number of rotatable bonds is 7. The zero-order chi connectivity index (χ0) is 27.0. The molecule has 0 radical (unpaired) electrons. The minimum atomic E-state index is -0.238. The molecule has 3 N–H and O–H groups in total. The van der Waals surface area contributed by atoms with Crippen molar-refractivity contribution in [3.05, 3.63) is 114 Å². The summed E-state index contributed by atoms with van der Waals surface area (Å²) in [6, 6.07) is 16.5. The molecule has 1 saturated carbocycles. The molecular weight excluding hydrogens is 477 g/mol. The van der Waals surface area contributed by atoms with E-state index in [4.69, 9.17) is 5.41 Å². The summed E-state index contributed by atoms with van der Waals surface area (Å²) in [5.41, 5.74) is 4.98. The Morgan fingerprint density at radius 1 is 1.16 bits per heavy atom. The monoisotopic (exact) mass is 511 g/mol. The first-order valence-electron chi connectivity index (χ1n) is 12.9. The number of fused-ring (bicyclic) bond motifs is 1. The average molecular weight is 512 g/mol. The van der Waals surface area contributed by atoms with Gasteiger partial charge in [-0.25, -0.2) is 14.4 Å². The molecule has 5 rings (SSSR count). The summed E-state index contributed by atoms with van der Waals surface area (Å²) < 4.78 is 13.3. The fourth-order valence-corrected chi connectivity index (χ4v) is 5.37. The maximum absolute atomic E-state index is 13.3. The highest BCUT2D eigenvalue weighted by Gasteiger charge is 2.44. The van der Waals surface area contributed by atoms with Gasteiger partial charge < -0.3 is 16.0 Å². The van der Waals surface area contributed by atoms with Gasteiger partial charge >= 0.3 is 0 Å². The summed E-state index contributed by atoms with van der Waals surface area (Å²) in [7, 11) is 0. The molecule has 1 aromatic heterocycles. The number of aromatic nitrogens is 2. The van der Waals surface area contributed by atoms with Crippen LogP contribution in [0.15, 0.2) is 96.7 Å². The van der Waals surface area contributed by atoms with Gasteiger partial charge in [-0.15, -0.1) is 0 Å². The van der Waals surface area contributed by atoms with Gasteiger partial charge in [-0.3, -0.25) is 4.79 Å². The number of hydrogen-bond acceptors (Lipinski definition) is 5. The van der Waals surface area contributed by atoms with Crippen molar-refractivity contribution in [2.75, 3.05) is 5.32 Å². The van der Waals surface area contributed by atoms with E-state index in [0.29, 0.717) is 11.5 Å². The van der Waals surface area contributed by atoms with Crippen LogP contribution in [0.4, 0.5) is 10.1 Å². The van der Waals surface area contributed by atoms with Crippen LogP contribution in [0.3, 0.4) is 0 Å². The van der Waals surface area contributed by atoms with Crippen molar-refractivity contribution in [2.24, 2.45) is 11.3 Å². The van der Waals surface area contributed by atoms with E-state index >= 15 is 0 Å². The van der Waals surface area contributed by atoms with E-state index in [1.807, 2.05) is 18.2 Å². The molecule has 2 aromatic carbocycles. The second-order valence-corrected chi connectivity index (χ2v) is 9.91. The standard InChI is InChI=1S/C29H29FN4O.C2H5N/c1-29-14-13-26(33-25-11-9-24(30)10-12-25)15-22(29)7-8-23(29)16-27(20-5-3-2-4-6-20)34-28(35)21-17-31-19-32-18-21;1-2-3/h2-6,9-13,15,17-19,23,27,33H,7-8,14,16H2,1H3,(H,34,35);2-3H,1H3/t23-,27?,29+;/m1./s1. The predicted molar refractivity (Wildman–Crippen MR) is 149 cm³/mol. The minimum absolute atomic E-state index is 0.0432. The molecule has 3 aromatic rings. The molecule has 6 nitrogen and oxygen atoms in total. The van der Waals surface area contributed by atoms with Crippen LogP contribution >= 0.6 is 0 Å². The van der Waals surface area contributed by atoms with Crippen molar-refractivity contribution >= 4 is 17.8 Å². The molecule has 0 bridgehead atoms. The van der Waals surface area contributed by atoms with Gasteiger partial charge in [0, 0.05) is 23.8 Å². The Morgan fingerprint density at radius 3 is 2.53 bits per heavy atom. The number of allylic oxidation sites excluding steroid dienone is 3. The number of carbonyl (C=O) groups is 1. The highest BCUT2D eigenvalue weighted by atomic mass is 19.1. The van der Waals surface area contributed by atoms with Gasteiger partial charge in [0.15, 0.2) is 0 Å². The van der Waals surface area contributed by atoms with Gasteiger partial charge in [0.05, 0.1) is 11.6 Å². The lowest BCUT2D eigenvalue weighted by Crippen LogP contribution is -2.33. The lowest BCUT2D eigenvalue weighted by molar-refractivity contribution is 0.0923. The molecule has 7 heteroatoms. The quantitative estimate of drug-likeness (QED) is 0.302. The molecule has 1 unspecified atom stereocenters. The third kappa shape index (κ3) is 6.40. The van der Waals surface area contributed by atoms with Crippen LogP contribution in [0.2, 0.25) is 0 Å².